The Hall–Kier alpha value is -0.0900. The number of hydrogen-bond acceptors (Lipinski definition) is 3. The van der Waals surface area contributed by atoms with Gasteiger partial charge in [0.15, 0.2) is 5.13 Å². The fourth-order valence-electron chi connectivity index (χ4n) is 1.43. The summed E-state index contributed by atoms with van der Waals surface area (Å²) in [5, 5.41) is 4.43. The molecule has 2 rings (SSSR count). The third-order valence-electron chi connectivity index (χ3n) is 2.80. The topological polar surface area (TPSA) is 24.9 Å². The monoisotopic (exact) mass is 260 g/mol. The molecule has 0 aliphatic heterocycles. The van der Waals surface area contributed by atoms with Gasteiger partial charge in [-0.2, -0.15) is 0 Å². The van der Waals surface area contributed by atoms with Gasteiger partial charge in [-0.3, -0.25) is 0 Å². The molecule has 1 aromatic rings. The molecule has 1 N–H and O–H groups in total. The van der Waals surface area contributed by atoms with Gasteiger partial charge in [0, 0.05) is 6.54 Å². The minimum Gasteiger partial charge on any atom is -0.361 e. The average Bonchev–Trinajstić information content (AvgIpc) is 2.81. The first-order valence-electron chi connectivity index (χ1n) is 4.59. The van der Waals surface area contributed by atoms with Gasteiger partial charge in [0.05, 0.1) is 9.98 Å². The summed E-state index contributed by atoms with van der Waals surface area (Å²) >= 11 is 5.06. The minimum absolute atomic E-state index is 0.595. The summed E-state index contributed by atoms with van der Waals surface area (Å²) in [4.78, 5) is 4.24. The van der Waals surface area contributed by atoms with Crippen LogP contribution in [-0.2, 0) is 0 Å². The summed E-state index contributed by atoms with van der Waals surface area (Å²) in [6.45, 7) is 3.36. The van der Waals surface area contributed by atoms with E-state index < -0.39 is 0 Å². The lowest BCUT2D eigenvalue weighted by Crippen LogP contribution is -2.13. The molecule has 0 atom stereocenters. The van der Waals surface area contributed by atoms with Crippen molar-refractivity contribution in [3.8, 4) is 0 Å². The first-order chi connectivity index (χ1) is 6.24. The number of thiazole rings is 1. The van der Waals surface area contributed by atoms with Crippen molar-refractivity contribution in [3.05, 3.63) is 9.98 Å². The van der Waals surface area contributed by atoms with Crippen molar-refractivity contribution in [3.63, 3.8) is 0 Å². The van der Waals surface area contributed by atoms with E-state index >= 15 is 0 Å². The third kappa shape index (κ3) is 2.23. The van der Waals surface area contributed by atoms with Gasteiger partial charge in [-0.25, -0.2) is 4.98 Å². The molecule has 1 heterocycles. The van der Waals surface area contributed by atoms with E-state index in [1.807, 2.05) is 6.20 Å². The number of anilines is 1. The summed E-state index contributed by atoms with van der Waals surface area (Å²) in [6, 6.07) is 0. The lowest BCUT2D eigenvalue weighted by molar-refractivity contribution is 0.521. The summed E-state index contributed by atoms with van der Waals surface area (Å²) in [6.07, 6.45) is 5.89. The van der Waals surface area contributed by atoms with Crippen molar-refractivity contribution in [2.45, 2.75) is 26.2 Å². The van der Waals surface area contributed by atoms with Gasteiger partial charge in [-0.15, -0.1) is 0 Å². The van der Waals surface area contributed by atoms with E-state index in [2.05, 4.69) is 33.2 Å². The Morgan fingerprint density at radius 3 is 2.92 bits per heavy atom. The molecule has 0 saturated heterocycles. The first kappa shape index (κ1) is 9.46. The highest BCUT2D eigenvalue weighted by atomic mass is 79.9. The van der Waals surface area contributed by atoms with E-state index in [0.717, 1.165) is 15.5 Å². The molecule has 1 saturated carbocycles. The van der Waals surface area contributed by atoms with E-state index in [-0.39, 0.29) is 0 Å². The van der Waals surface area contributed by atoms with Crippen LogP contribution < -0.4 is 5.32 Å². The molecular weight excluding hydrogens is 248 g/mol. The van der Waals surface area contributed by atoms with E-state index in [0.29, 0.717) is 5.41 Å². The molecule has 0 amide bonds. The zero-order valence-corrected chi connectivity index (χ0v) is 10.0. The summed E-state index contributed by atoms with van der Waals surface area (Å²) < 4.78 is 1.09. The summed E-state index contributed by atoms with van der Waals surface area (Å²) in [7, 11) is 0. The van der Waals surface area contributed by atoms with Gasteiger partial charge in [0.25, 0.3) is 0 Å². The second-order valence-corrected chi connectivity index (χ2v) is 6.09. The quantitative estimate of drug-likeness (QED) is 0.897. The van der Waals surface area contributed by atoms with E-state index in [1.165, 1.54) is 19.3 Å². The van der Waals surface area contributed by atoms with Gasteiger partial charge < -0.3 is 5.32 Å². The first-order valence-corrected chi connectivity index (χ1v) is 6.20. The van der Waals surface area contributed by atoms with Crippen molar-refractivity contribution in [2.75, 3.05) is 11.9 Å². The number of nitrogens with zero attached hydrogens (tertiary/aromatic N) is 1. The normalized spacial score (nSPS) is 18.6. The Labute approximate surface area is 90.9 Å². The van der Waals surface area contributed by atoms with Crippen LogP contribution in [0.25, 0.3) is 0 Å². The van der Waals surface area contributed by atoms with Crippen molar-refractivity contribution >= 4 is 32.4 Å². The highest BCUT2D eigenvalue weighted by Crippen LogP contribution is 2.48. The van der Waals surface area contributed by atoms with Gasteiger partial charge in [-0.05, 0) is 40.6 Å². The zero-order chi connectivity index (χ0) is 9.31. The number of hydrogen-bond donors (Lipinski definition) is 1. The molecule has 0 bridgehead atoms. The van der Waals surface area contributed by atoms with Crippen LogP contribution in [0.15, 0.2) is 9.98 Å². The number of aromatic nitrogens is 1. The smallest absolute Gasteiger partial charge is 0.183 e. The Morgan fingerprint density at radius 2 is 2.46 bits per heavy atom. The summed E-state index contributed by atoms with van der Waals surface area (Å²) in [5.74, 6) is 0. The molecule has 13 heavy (non-hydrogen) atoms. The molecule has 0 aromatic carbocycles. The predicted octanol–water partition coefficient (Wildman–Crippen LogP) is 3.51. The average molecular weight is 261 g/mol. The largest absolute Gasteiger partial charge is 0.361 e. The molecule has 1 fully saturated rings. The maximum atomic E-state index is 4.24. The molecule has 1 aliphatic rings. The van der Waals surface area contributed by atoms with Crippen LogP contribution in [-0.4, -0.2) is 11.5 Å². The Balaban J connectivity index is 1.86. The van der Waals surface area contributed by atoms with Crippen molar-refractivity contribution in [2.24, 2.45) is 5.41 Å². The van der Waals surface area contributed by atoms with Gasteiger partial charge in [0.2, 0.25) is 0 Å². The second-order valence-electron chi connectivity index (χ2n) is 3.68. The Morgan fingerprint density at radius 1 is 1.69 bits per heavy atom. The number of rotatable bonds is 4. The second kappa shape index (κ2) is 3.58. The van der Waals surface area contributed by atoms with Crippen LogP contribution in [0.2, 0.25) is 0 Å². The van der Waals surface area contributed by atoms with Crippen molar-refractivity contribution in [1.82, 2.24) is 4.98 Å². The molecule has 72 valence electrons. The van der Waals surface area contributed by atoms with E-state index in [9.17, 15) is 0 Å². The van der Waals surface area contributed by atoms with Crippen LogP contribution in [0.1, 0.15) is 26.2 Å². The molecule has 0 radical (unpaired) electrons. The standard InChI is InChI=1S/C9H13BrN2S/c1-2-9(3-4-9)6-12-8-11-5-7(10)13-8/h5H,2-4,6H2,1H3,(H,11,12). The fourth-order valence-corrected chi connectivity index (χ4v) is 2.53. The zero-order valence-electron chi connectivity index (χ0n) is 7.64. The van der Waals surface area contributed by atoms with Crippen molar-refractivity contribution in [1.29, 1.82) is 0 Å². The van der Waals surface area contributed by atoms with E-state index in [4.69, 9.17) is 0 Å². The Bertz CT molecular complexity index is 294. The Kier molecular flexibility index (Phi) is 2.60. The number of nitrogens with one attached hydrogen (secondary N) is 1. The van der Waals surface area contributed by atoms with Gasteiger partial charge in [-0.1, -0.05) is 18.3 Å². The maximum absolute atomic E-state index is 4.24. The minimum atomic E-state index is 0.595. The lowest BCUT2D eigenvalue weighted by Gasteiger charge is -2.11. The highest BCUT2D eigenvalue weighted by molar-refractivity contribution is 9.11. The maximum Gasteiger partial charge on any atom is 0.183 e. The molecular formula is C9H13BrN2S. The molecule has 0 spiro atoms. The van der Waals surface area contributed by atoms with Crippen LogP contribution in [0.5, 0.6) is 0 Å². The SMILES string of the molecule is CCC1(CNc2ncc(Br)s2)CC1. The molecule has 1 aliphatic carbocycles. The fraction of sp³-hybridized carbons (Fsp3) is 0.667. The van der Waals surface area contributed by atoms with Crippen LogP contribution >= 0.6 is 27.3 Å². The number of halogens is 1. The van der Waals surface area contributed by atoms with Crippen LogP contribution in [0.4, 0.5) is 5.13 Å². The molecule has 0 unspecified atom stereocenters. The third-order valence-corrected chi connectivity index (χ3v) is 4.23. The molecule has 2 nitrogen and oxygen atoms in total. The summed E-state index contributed by atoms with van der Waals surface area (Å²) in [5.41, 5.74) is 0.595. The van der Waals surface area contributed by atoms with E-state index in [1.54, 1.807) is 11.3 Å². The van der Waals surface area contributed by atoms with Crippen LogP contribution in [0, 0.1) is 5.41 Å². The van der Waals surface area contributed by atoms with Crippen molar-refractivity contribution < 1.29 is 0 Å². The molecule has 4 heteroatoms. The molecule has 1 aromatic heterocycles. The van der Waals surface area contributed by atoms with Gasteiger partial charge in [0.1, 0.15) is 0 Å². The predicted molar refractivity (Wildman–Crippen MR) is 60.3 cm³/mol. The lowest BCUT2D eigenvalue weighted by atomic mass is 10.0. The van der Waals surface area contributed by atoms with Gasteiger partial charge >= 0.3 is 0 Å². The van der Waals surface area contributed by atoms with Crippen LogP contribution in [0.3, 0.4) is 0 Å². The highest BCUT2D eigenvalue weighted by Gasteiger charge is 2.40.